The molecule has 5 rings (SSSR count). The number of anilines is 2. The number of furan rings is 1. The second kappa shape index (κ2) is 10.6. The minimum Gasteiger partial charge on any atom is -0.495 e. The first-order valence-corrected chi connectivity index (χ1v) is 14.5. The summed E-state index contributed by atoms with van der Waals surface area (Å²) in [6.07, 6.45) is 2.76. The zero-order valence-corrected chi connectivity index (χ0v) is 23.4. The average molecular weight is 579 g/mol. The lowest BCUT2D eigenvalue weighted by molar-refractivity contribution is 0.0696. The predicted octanol–water partition coefficient (Wildman–Crippen LogP) is 4.91. The molecule has 1 fully saturated rings. The van der Waals surface area contributed by atoms with Gasteiger partial charge in [0.05, 0.1) is 36.4 Å². The third kappa shape index (κ3) is 5.36. The van der Waals surface area contributed by atoms with E-state index in [0.717, 1.165) is 23.1 Å². The number of nitrogens with zero attached hydrogens (tertiary/aromatic N) is 2. The maximum atomic E-state index is 12.0. The van der Waals surface area contributed by atoms with E-state index in [9.17, 15) is 18.3 Å². The van der Waals surface area contributed by atoms with Crippen LogP contribution in [-0.2, 0) is 10.0 Å². The summed E-state index contributed by atoms with van der Waals surface area (Å²) in [5, 5.41) is 13.1. The van der Waals surface area contributed by atoms with Crippen molar-refractivity contribution in [1.82, 2.24) is 10.3 Å². The van der Waals surface area contributed by atoms with Crippen molar-refractivity contribution in [3.05, 3.63) is 95.5 Å². The van der Waals surface area contributed by atoms with Crippen LogP contribution in [0.1, 0.15) is 39.5 Å². The van der Waals surface area contributed by atoms with Gasteiger partial charge in [0.1, 0.15) is 23.3 Å². The number of nitrogens with one attached hydrogen (secondary N) is 2. The Labute approximate surface area is 236 Å². The number of aryl methyl sites for hydroxylation is 1. The highest BCUT2D eigenvalue weighted by Crippen LogP contribution is 2.44. The van der Waals surface area contributed by atoms with Gasteiger partial charge in [-0.2, -0.15) is 0 Å². The molecular formula is C28H26N4O6S2. The summed E-state index contributed by atoms with van der Waals surface area (Å²) < 4.78 is 38.3. The standard InChI is InChI=1S/C28H26N4O6S2/c1-16-14-17(27(33)34)7-9-19(16)22-11-12-24(38-22)26-25(20-6-4-5-13-29-20)30-28(39)32(26)18-8-10-23(37-2)21(15-18)31-40(3,35)36/h4-15,25-26,31H,1-3H3,(H,30,39)(H,33,34)/t25-,26+/m0/s1. The first kappa shape index (κ1) is 27.2. The van der Waals surface area contributed by atoms with Crippen LogP contribution in [0.25, 0.3) is 11.3 Å². The van der Waals surface area contributed by atoms with Crippen molar-refractivity contribution in [3.63, 3.8) is 0 Å². The van der Waals surface area contributed by atoms with Crippen LogP contribution in [0.2, 0.25) is 0 Å². The summed E-state index contributed by atoms with van der Waals surface area (Å²) in [4.78, 5) is 17.8. The molecule has 2 aromatic heterocycles. The predicted molar refractivity (Wildman–Crippen MR) is 155 cm³/mol. The minimum absolute atomic E-state index is 0.192. The molecule has 3 heterocycles. The molecule has 0 amide bonds. The fourth-order valence-electron chi connectivity index (χ4n) is 4.78. The van der Waals surface area contributed by atoms with Gasteiger partial charge in [-0.3, -0.25) is 9.71 Å². The Hall–Kier alpha value is -4.42. The summed E-state index contributed by atoms with van der Waals surface area (Å²) in [7, 11) is -2.13. The molecule has 2 aromatic carbocycles. The average Bonchev–Trinajstić information content (AvgIpc) is 3.52. The zero-order valence-electron chi connectivity index (χ0n) is 21.8. The Morgan fingerprint density at radius 1 is 1.15 bits per heavy atom. The number of methoxy groups -OCH3 is 1. The van der Waals surface area contributed by atoms with E-state index in [2.05, 4.69) is 15.0 Å². The number of pyridine rings is 1. The minimum atomic E-state index is -3.59. The molecule has 0 bridgehead atoms. The van der Waals surface area contributed by atoms with Crippen LogP contribution in [-0.4, -0.2) is 43.0 Å². The largest absolute Gasteiger partial charge is 0.495 e. The monoisotopic (exact) mass is 578 g/mol. The van der Waals surface area contributed by atoms with E-state index in [1.165, 1.54) is 13.2 Å². The van der Waals surface area contributed by atoms with Gasteiger partial charge in [-0.05, 0) is 79.3 Å². The lowest BCUT2D eigenvalue weighted by Crippen LogP contribution is -2.29. The van der Waals surface area contributed by atoms with Gasteiger partial charge in [-0.15, -0.1) is 0 Å². The smallest absolute Gasteiger partial charge is 0.335 e. The zero-order chi connectivity index (χ0) is 28.6. The summed E-state index contributed by atoms with van der Waals surface area (Å²) in [5.74, 6) is 0.494. The van der Waals surface area contributed by atoms with E-state index in [4.69, 9.17) is 21.4 Å². The second-order valence-electron chi connectivity index (χ2n) is 9.29. The number of carbonyl (C=O) groups is 1. The van der Waals surface area contributed by atoms with E-state index >= 15 is 0 Å². The van der Waals surface area contributed by atoms with Crippen LogP contribution in [0.3, 0.4) is 0 Å². The molecule has 0 saturated carbocycles. The van der Waals surface area contributed by atoms with E-state index in [0.29, 0.717) is 28.1 Å². The summed E-state index contributed by atoms with van der Waals surface area (Å²) in [6.45, 7) is 1.83. The first-order valence-electron chi connectivity index (χ1n) is 12.2. The third-order valence-corrected chi connectivity index (χ3v) is 7.42. The van der Waals surface area contributed by atoms with Gasteiger partial charge in [-0.25, -0.2) is 13.2 Å². The van der Waals surface area contributed by atoms with Crippen molar-refractivity contribution in [1.29, 1.82) is 0 Å². The molecule has 0 unspecified atom stereocenters. The van der Waals surface area contributed by atoms with Crippen LogP contribution < -0.4 is 19.7 Å². The number of aromatic carboxylic acids is 1. The molecule has 206 valence electrons. The normalized spacial score (nSPS) is 17.0. The quantitative estimate of drug-likeness (QED) is 0.248. The number of carboxylic acids is 1. The molecule has 1 saturated heterocycles. The number of aromatic nitrogens is 1. The Morgan fingerprint density at radius 2 is 1.95 bits per heavy atom. The Balaban J connectivity index is 1.61. The molecule has 1 aliphatic heterocycles. The van der Waals surface area contributed by atoms with Crippen LogP contribution in [0.15, 0.2) is 77.3 Å². The highest BCUT2D eigenvalue weighted by molar-refractivity contribution is 7.92. The molecule has 2 atom stereocenters. The Morgan fingerprint density at radius 3 is 2.60 bits per heavy atom. The van der Waals surface area contributed by atoms with E-state index < -0.39 is 28.1 Å². The van der Waals surface area contributed by atoms with Gasteiger partial charge in [0.25, 0.3) is 0 Å². The number of sulfonamides is 1. The third-order valence-electron chi connectivity index (χ3n) is 6.51. The fraction of sp³-hybridized carbons (Fsp3) is 0.179. The maximum Gasteiger partial charge on any atom is 0.335 e. The molecule has 0 aliphatic carbocycles. The van der Waals surface area contributed by atoms with Crippen LogP contribution in [0, 0.1) is 6.92 Å². The van der Waals surface area contributed by atoms with Crippen LogP contribution in [0.4, 0.5) is 11.4 Å². The summed E-state index contributed by atoms with van der Waals surface area (Å²) in [5.41, 5.74) is 3.31. The van der Waals surface area contributed by atoms with E-state index in [1.807, 2.05) is 42.2 Å². The van der Waals surface area contributed by atoms with E-state index in [-0.39, 0.29) is 11.3 Å². The molecule has 1 aliphatic rings. The second-order valence-corrected chi connectivity index (χ2v) is 11.4. The first-order chi connectivity index (χ1) is 19.1. The summed E-state index contributed by atoms with van der Waals surface area (Å²) >= 11 is 5.77. The van der Waals surface area contributed by atoms with Crippen LogP contribution in [0.5, 0.6) is 5.75 Å². The van der Waals surface area contributed by atoms with Crippen molar-refractivity contribution in [2.24, 2.45) is 0 Å². The van der Waals surface area contributed by atoms with Crippen molar-refractivity contribution in [2.45, 2.75) is 19.0 Å². The molecule has 12 heteroatoms. The molecule has 3 N–H and O–H groups in total. The summed E-state index contributed by atoms with van der Waals surface area (Å²) in [6, 6.07) is 18.4. The van der Waals surface area contributed by atoms with Gasteiger partial charge < -0.3 is 24.5 Å². The fourth-order valence-corrected chi connectivity index (χ4v) is 5.68. The Kier molecular flexibility index (Phi) is 7.21. The highest BCUT2D eigenvalue weighted by atomic mass is 32.2. The van der Waals surface area contributed by atoms with Gasteiger partial charge in [0.15, 0.2) is 5.11 Å². The number of benzene rings is 2. The molecular weight excluding hydrogens is 552 g/mol. The highest BCUT2D eigenvalue weighted by Gasteiger charge is 2.43. The molecule has 40 heavy (non-hydrogen) atoms. The van der Waals surface area contributed by atoms with Crippen molar-refractivity contribution < 1.29 is 27.5 Å². The number of carboxylic acid groups (broad SMARTS) is 1. The van der Waals surface area contributed by atoms with E-state index in [1.54, 1.807) is 36.5 Å². The van der Waals surface area contributed by atoms with Gasteiger partial charge >= 0.3 is 5.97 Å². The SMILES string of the molecule is COc1ccc(N2C(=S)N[C@@H](c3ccccn3)[C@H]2c2ccc(-c3ccc(C(=O)O)cc3C)o2)cc1NS(C)(=O)=O. The molecule has 0 spiro atoms. The van der Waals surface area contributed by atoms with Crippen molar-refractivity contribution >= 4 is 44.7 Å². The van der Waals surface area contributed by atoms with Crippen LogP contribution >= 0.6 is 12.2 Å². The van der Waals surface area contributed by atoms with Gasteiger partial charge in [0.2, 0.25) is 10.0 Å². The molecule has 4 aromatic rings. The topological polar surface area (TPSA) is 134 Å². The lowest BCUT2D eigenvalue weighted by Gasteiger charge is -2.27. The number of thiocarbonyl (C=S) groups is 1. The number of ether oxygens (including phenoxy) is 1. The van der Waals surface area contributed by atoms with Crippen molar-refractivity contribution in [3.8, 4) is 17.1 Å². The number of hydrogen-bond acceptors (Lipinski definition) is 7. The van der Waals surface area contributed by atoms with Gasteiger partial charge in [0, 0.05) is 17.4 Å². The lowest BCUT2D eigenvalue weighted by atomic mass is 10.0. The number of hydrogen-bond donors (Lipinski definition) is 3. The van der Waals surface area contributed by atoms with Crippen molar-refractivity contribution in [2.75, 3.05) is 23.0 Å². The maximum absolute atomic E-state index is 12.0. The molecule has 10 nitrogen and oxygen atoms in total. The Bertz CT molecular complexity index is 1700. The number of rotatable bonds is 8. The molecule has 0 radical (unpaired) electrons. The van der Waals surface area contributed by atoms with Gasteiger partial charge in [-0.1, -0.05) is 12.1 Å².